The van der Waals surface area contributed by atoms with Gasteiger partial charge >= 0.3 is 0 Å². The van der Waals surface area contributed by atoms with Crippen molar-refractivity contribution in [3.63, 3.8) is 0 Å². The number of methoxy groups -OCH3 is 1. The summed E-state index contributed by atoms with van der Waals surface area (Å²) in [4.78, 5) is 4.56. The van der Waals surface area contributed by atoms with Crippen molar-refractivity contribution in [3.8, 4) is 17.0 Å². The van der Waals surface area contributed by atoms with Gasteiger partial charge in [-0.1, -0.05) is 35.4 Å². The van der Waals surface area contributed by atoms with Crippen LogP contribution in [0.1, 0.15) is 5.56 Å². The molecule has 0 bridgehead atoms. The lowest BCUT2D eigenvalue weighted by molar-refractivity contribution is 0.415. The third-order valence-corrected chi connectivity index (χ3v) is 4.41. The van der Waals surface area contributed by atoms with Crippen LogP contribution in [0.2, 0.25) is 5.02 Å². The Morgan fingerprint density at radius 3 is 2.58 bits per heavy atom. The van der Waals surface area contributed by atoms with Gasteiger partial charge in [0, 0.05) is 11.3 Å². The van der Waals surface area contributed by atoms with Crippen molar-refractivity contribution in [3.05, 3.63) is 71.2 Å². The molecular weight excluding hydrogens is 348 g/mol. The van der Waals surface area contributed by atoms with E-state index in [-0.39, 0.29) is 0 Å². The van der Waals surface area contributed by atoms with Gasteiger partial charge in [0.15, 0.2) is 5.65 Å². The topological polar surface area (TPSA) is 51.5 Å². The minimum Gasteiger partial charge on any atom is -0.495 e. The fourth-order valence-corrected chi connectivity index (χ4v) is 3.03. The summed E-state index contributed by atoms with van der Waals surface area (Å²) in [6.07, 6.45) is 0. The molecule has 6 heteroatoms. The highest BCUT2D eigenvalue weighted by Gasteiger charge is 2.11. The molecule has 2 aromatic heterocycles. The Balaban J connectivity index is 1.73. The molecule has 0 saturated carbocycles. The number of fused-ring (bicyclic) bond motifs is 1. The molecule has 0 saturated heterocycles. The molecule has 2 aromatic carbocycles. The minimum absolute atomic E-state index is 0.543. The molecule has 0 fully saturated rings. The van der Waals surface area contributed by atoms with E-state index in [1.54, 1.807) is 11.6 Å². The maximum absolute atomic E-state index is 6.27. The van der Waals surface area contributed by atoms with Gasteiger partial charge in [-0.25, -0.2) is 4.52 Å². The lowest BCUT2D eigenvalue weighted by atomic mass is 10.1. The van der Waals surface area contributed by atoms with Crippen molar-refractivity contribution in [2.45, 2.75) is 6.92 Å². The largest absolute Gasteiger partial charge is 0.495 e. The van der Waals surface area contributed by atoms with Crippen LogP contribution >= 0.6 is 11.6 Å². The molecule has 0 atom stereocenters. The number of hydrogen-bond donors (Lipinski definition) is 1. The van der Waals surface area contributed by atoms with Gasteiger partial charge in [0.1, 0.15) is 5.75 Å². The number of anilines is 2. The molecule has 0 radical (unpaired) electrons. The molecule has 26 heavy (non-hydrogen) atoms. The average Bonchev–Trinajstić information content (AvgIpc) is 3.06. The maximum atomic E-state index is 6.27. The summed E-state index contributed by atoms with van der Waals surface area (Å²) in [6.45, 7) is 2.05. The zero-order valence-corrected chi connectivity index (χ0v) is 15.2. The fourth-order valence-electron chi connectivity index (χ4n) is 2.77. The average molecular weight is 365 g/mol. The predicted octanol–water partition coefficient (Wildman–Crippen LogP) is 5.11. The second kappa shape index (κ2) is 6.69. The molecule has 4 aromatic rings. The lowest BCUT2D eigenvalue weighted by Gasteiger charge is -2.07. The number of aryl methyl sites for hydroxylation is 1. The van der Waals surface area contributed by atoms with Crippen LogP contribution in [0.15, 0.2) is 60.7 Å². The van der Waals surface area contributed by atoms with E-state index < -0.39 is 0 Å². The highest BCUT2D eigenvalue weighted by Crippen LogP contribution is 2.30. The minimum atomic E-state index is 0.543. The second-order valence-corrected chi connectivity index (χ2v) is 6.36. The van der Waals surface area contributed by atoms with Gasteiger partial charge in [-0.15, -0.1) is 5.10 Å². The van der Waals surface area contributed by atoms with Crippen molar-refractivity contribution in [2.75, 3.05) is 12.4 Å². The van der Waals surface area contributed by atoms with Crippen LogP contribution in [0.4, 0.5) is 11.6 Å². The summed E-state index contributed by atoms with van der Waals surface area (Å²) in [6, 6.07) is 19.6. The summed E-state index contributed by atoms with van der Waals surface area (Å²) in [7, 11) is 1.60. The SMILES string of the molecule is COc1ccc(-c2cccc3nc(Nc4ccc(C)cc4)nn23)cc1Cl. The van der Waals surface area contributed by atoms with Gasteiger partial charge in [0.25, 0.3) is 0 Å². The fraction of sp³-hybridized carbons (Fsp3) is 0.100. The summed E-state index contributed by atoms with van der Waals surface area (Å²) in [5.74, 6) is 1.18. The highest BCUT2D eigenvalue weighted by atomic mass is 35.5. The quantitative estimate of drug-likeness (QED) is 0.546. The van der Waals surface area contributed by atoms with Crippen LogP contribution in [0.5, 0.6) is 5.75 Å². The molecule has 5 nitrogen and oxygen atoms in total. The van der Waals surface area contributed by atoms with Gasteiger partial charge < -0.3 is 10.1 Å². The number of pyridine rings is 1. The van der Waals surface area contributed by atoms with E-state index in [9.17, 15) is 0 Å². The summed E-state index contributed by atoms with van der Waals surface area (Å²) < 4.78 is 7.03. The van der Waals surface area contributed by atoms with Crippen molar-refractivity contribution in [1.29, 1.82) is 0 Å². The van der Waals surface area contributed by atoms with Gasteiger partial charge in [-0.05, 0) is 49.4 Å². The molecule has 2 heterocycles. The lowest BCUT2D eigenvalue weighted by Crippen LogP contribution is -1.96. The van der Waals surface area contributed by atoms with Gasteiger partial charge in [-0.2, -0.15) is 4.98 Å². The normalized spacial score (nSPS) is 10.9. The number of benzene rings is 2. The molecular formula is C20H17ClN4O. The van der Waals surface area contributed by atoms with Crippen molar-refractivity contribution in [2.24, 2.45) is 0 Å². The molecule has 0 aliphatic carbocycles. The van der Waals surface area contributed by atoms with Crippen LogP contribution in [-0.2, 0) is 0 Å². The molecule has 0 aliphatic heterocycles. The zero-order chi connectivity index (χ0) is 18.1. The van der Waals surface area contributed by atoms with Crippen molar-refractivity contribution in [1.82, 2.24) is 14.6 Å². The molecule has 0 aliphatic rings. The molecule has 1 N–H and O–H groups in total. The number of ether oxygens (including phenoxy) is 1. The van der Waals surface area contributed by atoms with E-state index in [4.69, 9.17) is 16.3 Å². The van der Waals surface area contributed by atoms with E-state index in [1.807, 2.05) is 60.7 Å². The van der Waals surface area contributed by atoms with Crippen LogP contribution in [-0.4, -0.2) is 21.7 Å². The second-order valence-electron chi connectivity index (χ2n) is 5.96. The van der Waals surface area contributed by atoms with E-state index in [0.717, 1.165) is 22.6 Å². The Bertz CT molecular complexity index is 1070. The monoisotopic (exact) mass is 364 g/mol. The number of hydrogen-bond acceptors (Lipinski definition) is 4. The number of aromatic nitrogens is 3. The Labute approximate surface area is 156 Å². The molecule has 0 unspecified atom stereocenters. The number of nitrogens with zero attached hydrogens (tertiary/aromatic N) is 3. The Hall–Kier alpha value is -3.05. The summed E-state index contributed by atoms with van der Waals surface area (Å²) in [5.41, 5.74) is 4.74. The van der Waals surface area contributed by atoms with Gasteiger partial charge in [0.05, 0.1) is 17.8 Å². The smallest absolute Gasteiger partial charge is 0.247 e. The van der Waals surface area contributed by atoms with Crippen molar-refractivity contribution < 1.29 is 4.74 Å². The molecule has 130 valence electrons. The maximum Gasteiger partial charge on any atom is 0.247 e. The Morgan fingerprint density at radius 1 is 1.04 bits per heavy atom. The zero-order valence-electron chi connectivity index (χ0n) is 14.4. The predicted molar refractivity (Wildman–Crippen MR) is 104 cm³/mol. The van der Waals surface area contributed by atoms with E-state index in [0.29, 0.717) is 16.7 Å². The molecule has 0 spiro atoms. The number of nitrogens with one attached hydrogen (secondary N) is 1. The van der Waals surface area contributed by atoms with Gasteiger partial charge in [-0.3, -0.25) is 0 Å². The van der Waals surface area contributed by atoms with Crippen LogP contribution < -0.4 is 10.1 Å². The van der Waals surface area contributed by atoms with E-state index in [1.165, 1.54) is 5.56 Å². The van der Waals surface area contributed by atoms with E-state index >= 15 is 0 Å². The first-order valence-electron chi connectivity index (χ1n) is 8.17. The third kappa shape index (κ3) is 3.09. The summed E-state index contributed by atoms with van der Waals surface area (Å²) >= 11 is 6.27. The van der Waals surface area contributed by atoms with Gasteiger partial charge in [0.2, 0.25) is 5.95 Å². The first-order valence-corrected chi connectivity index (χ1v) is 8.55. The Morgan fingerprint density at radius 2 is 1.85 bits per heavy atom. The third-order valence-electron chi connectivity index (χ3n) is 4.12. The van der Waals surface area contributed by atoms with Crippen molar-refractivity contribution >= 4 is 28.9 Å². The highest BCUT2D eigenvalue weighted by molar-refractivity contribution is 6.32. The van der Waals surface area contributed by atoms with Crippen LogP contribution in [0, 0.1) is 6.92 Å². The van der Waals surface area contributed by atoms with Crippen LogP contribution in [0.25, 0.3) is 16.9 Å². The molecule has 4 rings (SSSR count). The number of halogens is 1. The standard InChI is InChI=1S/C20H17ClN4O/c1-13-6-9-15(10-7-13)22-20-23-19-5-3-4-17(25(19)24-20)14-8-11-18(26-2)16(21)12-14/h3-12H,1-2H3,(H,22,24). The Kier molecular flexibility index (Phi) is 4.22. The first kappa shape index (κ1) is 16.4. The van der Waals surface area contributed by atoms with E-state index in [2.05, 4.69) is 22.3 Å². The molecule has 0 amide bonds. The first-order chi connectivity index (χ1) is 12.6. The summed E-state index contributed by atoms with van der Waals surface area (Å²) in [5, 5.41) is 8.39. The number of rotatable bonds is 4. The van der Waals surface area contributed by atoms with Crippen LogP contribution in [0.3, 0.4) is 0 Å².